The summed E-state index contributed by atoms with van der Waals surface area (Å²) in [5, 5.41) is 0. The number of rotatable bonds is 0. The largest absolute Gasteiger partial charge is 0.0984 e. The van der Waals surface area contributed by atoms with Gasteiger partial charge in [0.2, 0.25) is 0 Å². The summed E-state index contributed by atoms with van der Waals surface area (Å²) >= 11 is 0. The van der Waals surface area contributed by atoms with Crippen LogP contribution in [-0.2, 0) is 5.41 Å². The molecule has 0 amide bonds. The second-order valence-corrected chi connectivity index (χ2v) is 4.46. The third-order valence-electron chi connectivity index (χ3n) is 3.43. The van der Waals surface area contributed by atoms with Crippen molar-refractivity contribution in [2.45, 2.75) is 32.1 Å². The van der Waals surface area contributed by atoms with E-state index in [1.807, 2.05) is 0 Å². The van der Waals surface area contributed by atoms with Crippen molar-refractivity contribution in [1.82, 2.24) is 0 Å². The molecule has 0 bridgehead atoms. The number of benzene rings is 1. The van der Waals surface area contributed by atoms with E-state index in [2.05, 4.69) is 51.6 Å². The second-order valence-electron chi connectivity index (χ2n) is 4.46. The molecule has 1 aromatic rings. The van der Waals surface area contributed by atoms with Gasteiger partial charge in [-0.15, -0.1) is 0 Å². The van der Waals surface area contributed by atoms with Crippen molar-refractivity contribution in [1.29, 1.82) is 0 Å². The Bertz CT molecular complexity index is 358. The molecule has 1 atom stereocenters. The number of fused-ring (bicyclic) bond motifs is 1. The summed E-state index contributed by atoms with van der Waals surface area (Å²) in [6.45, 7) is 11.0. The molecule has 1 unspecified atom stereocenters. The van der Waals surface area contributed by atoms with Gasteiger partial charge in [0, 0.05) is 11.3 Å². The highest BCUT2D eigenvalue weighted by molar-refractivity contribution is 5.52. The molecule has 1 aliphatic rings. The summed E-state index contributed by atoms with van der Waals surface area (Å²) in [5.74, 6) is 0.520. The summed E-state index contributed by atoms with van der Waals surface area (Å²) in [5.41, 5.74) is 4.41. The van der Waals surface area contributed by atoms with Gasteiger partial charge in [0.15, 0.2) is 0 Å². The maximum absolute atomic E-state index is 4.20. The smallest absolute Gasteiger partial charge is 0.0111 e. The van der Waals surface area contributed by atoms with Gasteiger partial charge in [-0.3, -0.25) is 0 Å². The highest BCUT2D eigenvalue weighted by Crippen LogP contribution is 2.48. The lowest BCUT2D eigenvalue weighted by Gasteiger charge is -2.21. The zero-order chi connectivity index (χ0) is 9.64. The van der Waals surface area contributed by atoms with E-state index in [9.17, 15) is 0 Å². The molecule has 0 heteroatoms. The zero-order valence-corrected chi connectivity index (χ0v) is 8.59. The van der Waals surface area contributed by atoms with E-state index in [4.69, 9.17) is 0 Å². The van der Waals surface area contributed by atoms with Crippen molar-refractivity contribution in [2.75, 3.05) is 0 Å². The van der Waals surface area contributed by atoms with Crippen LogP contribution in [0.25, 0.3) is 0 Å². The molecule has 0 N–H and O–H groups in total. The molecule has 1 aliphatic carbocycles. The Morgan fingerprint density at radius 3 is 2.46 bits per heavy atom. The monoisotopic (exact) mass is 172 g/mol. The number of hydrogen-bond donors (Lipinski definition) is 0. The van der Waals surface area contributed by atoms with E-state index in [0.29, 0.717) is 5.92 Å². The number of allylic oxidation sites excluding steroid dienone is 1. The van der Waals surface area contributed by atoms with Crippen LogP contribution in [-0.4, -0.2) is 0 Å². The lowest BCUT2D eigenvalue weighted by atomic mass is 9.82. The van der Waals surface area contributed by atoms with Gasteiger partial charge in [-0.2, -0.15) is 0 Å². The molecule has 13 heavy (non-hydrogen) atoms. The van der Waals surface area contributed by atoms with E-state index in [0.717, 1.165) is 0 Å². The third-order valence-corrected chi connectivity index (χ3v) is 3.43. The van der Waals surface area contributed by atoms with Gasteiger partial charge >= 0.3 is 0 Å². The Labute approximate surface area is 80.3 Å². The quantitative estimate of drug-likeness (QED) is 0.524. The Morgan fingerprint density at radius 2 is 1.85 bits per heavy atom. The van der Waals surface area contributed by atoms with Gasteiger partial charge in [-0.1, -0.05) is 57.2 Å². The molecule has 0 nitrogen and oxygen atoms in total. The minimum Gasteiger partial charge on any atom is -0.0984 e. The molecule has 0 aromatic heterocycles. The lowest BCUT2D eigenvalue weighted by Crippen LogP contribution is -2.14. The molecular weight excluding hydrogens is 156 g/mol. The van der Waals surface area contributed by atoms with E-state index in [1.165, 1.54) is 16.7 Å². The van der Waals surface area contributed by atoms with Crippen molar-refractivity contribution in [2.24, 2.45) is 0 Å². The van der Waals surface area contributed by atoms with Gasteiger partial charge in [0.05, 0.1) is 0 Å². The molecule has 1 aromatic carbocycles. The van der Waals surface area contributed by atoms with Crippen molar-refractivity contribution in [3.05, 3.63) is 47.5 Å². The standard InChI is InChI=1S/C13H16/c1-9-10(2)13(3,4)12-8-6-5-7-11(9)12/h5-9H,2H2,1,3-4H3. The first kappa shape index (κ1) is 8.55. The van der Waals surface area contributed by atoms with Gasteiger partial charge in [-0.05, 0) is 11.1 Å². The Kier molecular flexibility index (Phi) is 1.63. The second kappa shape index (κ2) is 2.47. The van der Waals surface area contributed by atoms with Crippen LogP contribution in [0.5, 0.6) is 0 Å². The van der Waals surface area contributed by atoms with Crippen molar-refractivity contribution >= 4 is 0 Å². The van der Waals surface area contributed by atoms with Gasteiger partial charge in [0.1, 0.15) is 0 Å². The summed E-state index contributed by atoms with van der Waals surface area (Å²) in [6, 6.07) is 8.68. The summed E-state index contributed by atoms with van der Waals surface area (Å²) in [4.78, 5) is 0. The Hall–Kier alpha value is -1.04. The Morgan fingerprint density at radius 1 is 1.23 bits per heavy atom. The summed E-state index contributed by atoms with van der Waals surface area (Å²) in [6.07, 6.45) is 0. The molecule has 0 heterocycles. The third kappa shape index (κ3) is 0.980. The molecule has 0 saturated carbocycles. The molecule has 2 rings (SSSR count). The average Bonchev–Trinajstić information content (AvgIpc) is 2.30. The normalized spacial score (nSPS) is 24.5. The molecular formula is C13H16. The van der Waals surface area contributed by atoms with Crippen LogP contribution in [0, 0.1) is 0 Å². The lowest BCUT2D eigenvalue weighted by molar-refractivity contribution is 0.629. The van der Waals surface area contributed by atoms with Crippen LogP contribution < -0.4 is 0 Å². The molecule has 0 aliphatic heterocycles. The first-order chi connectivity index (χ1) is 6.05. The fourth-order valence-corrected chi connectivity index (χ4v) is 2.35. The Balaban J connectivity index is 2.68. The van der Waals surface area contributed by atoms with E-state index in [1.54, 1.807) is 0 Å². The topological polar surface area (TPSA) is 0 Å². The first-order valence-corrected chi connectivity index (χ1v) is 4.84. The highest BCUT2D eigenvalue weighted by atomic mass is 14.4. The zero-order valence-electron chi connectivity index (χ0n) is 8.59. The predicted octanol–water partition coefficient (Wildman–Crippen LogP) is 3.64. The molecule has 0 saturated heterocycles. The fraction of sp³-hybridized carbons (Fsp3) is 0.385. The minimum absolute atomic E-state index is 0.163. The molecule has 0 spiro atoms. The first-order valence-electron chi connectivity index (χ1n) is 4.84. The van der Waals surface area contributed by atoms with Crippen molar-refractivity contribution in [3.8, 4) is 0 Å². The van der Waals surface area contributed by atoms with Gasteiger partial charge in [-0.25, -0.2) is 0 Å². The summed E-state index contributed by atoms with van der Waals surface area (Å²) < 4.78 is 0. The van der Waals surface area contributed by atoms with E-state index >= 15 is 0 Å². The highest BCUT2D eigenvalue weighted by Gasteiger charge is 2.37. The number of hydrogen-bond acceptors (Lipinski definition) is 0. The maximum atomic E-state index is 4.20. The van der Waals surface area contributed by atoms with Crippen LogP contribution in [0.15, 0.2) is 36.4 Å². The fourth-order valence-electron chi connectivity index (χ4n) is 2.35. The van der Waals surface area contributed by atoms with Crippen LogP contribution in [0.3, 0.4) is 0 Å². The van der Waals surface area contributed by atoms with E-state index < -0.39 is 0 Å². The molecule has 68 valence electrons. The van der Waals surface area contributed by atoms with Gasteiger partial charge < -0.3 is 0 Å². The van der Waals surface area contributed by atoms with Crippen LogP contribution in [0.1, 0.15) is 37.8 Å². The van der Waals surface area contributed by atoms with Crippen molar-refractivity contribution < 1.29 is 0 Å². The molecule has 0 fully saturated rings. The van der Waals surface area contributed by atoms with Crippen LogP contribution in [0.4, 0.5) is 0 Å². The SMILES string of the molecule is C=C1C(C)c2ccccc2C1(C)C. The van der Waals surface area contributed by atoms with E-state index in [-0.39, 0.29) is 5.41 Å². The van der Waals surface area contributed by atoms with Gasteiger partial charge in [0.25, 0.3) is 0 Å². The van der Waals surface area contributed by atoms with Crippen LogP contribution >= 0.6 is 0 Å². The predicted molar refractivity (Wildman–Crippen MR) is 57.0 cm³/mol. The summed E-state index contributed by atoms with van der Waals surface area (Å²) in [7, 11) is 0. The van der Waals surface area contributed by atoms with Crippen molar-refractivity contribution in [3.63, 3.8) is 0 Å². The average molecular weight is 172 g/mol. The molecule has 0 radical (unpaired) electrons. The minimum atomic E-state index is 0.163. The maximum Gasteiger partial charge on any atom is 0.0111 e. The van der Waals surface area contributed by atoms with Crippen LogP contribution in [0.2, 0.25) is 0 Å².